The number of hydrogen-bond acceptors (Lipinski definition) is 6. The maximum Gasteiger partial charge on any atom is 0.295 e. The van der Waals surface area contributed by atoms with Crippen molar-refractivity contribution in [1.29, 1.82) is 0 Å². The van der Waals surface area contributed by atoms with E-state index >= 15 is 0 Å². The van der Waals surface area contributed by atoms with Crippen molar-refractivity contribution in [3.8, 4) is 11.5 Å². The van der Waals surface area contributed by atoms with E-state index in [9.17, 15) is 14.7 Å². The van der Waals surface area contributed by atoms with Crippen LogP contribution in [0, 0.1) is 6.92 Å². The Hall–Kier alpha value is -3.03. The Labute approximate surface area is 198 Å². The number of nitrogens with zero attached hydrogens (tertiary/aromatic N) is 1. The van der Waals surface area contributed by atoms with Crippen LogP contribution < -0.4 is 9.47 Å². The molecule has 8 heteroatoms. The number of methoxy groups -OCH3 is 2. The molecule has 7 nitrogen and oxygen atoms in total. The summed E-state index contributed by atoms with van der Waals surface area (Å²) in [7, 11) is 2.94. The van der Waals surface area contributed by atoms with Crippen molar-refractivity contribution in [3.05, 3.63) is 63.7 Å². The molecular weight excluding hydrogens is 446 g/mol. The van der Waals surface area contributed by atoms with Gasteiger partial charge in [0.2, 0.25) is 0 Å². The minimum atomic E-state index is -0.808. The lowest BCUT2D eigenvalue weighted by molar-refractivity contribution is -0.140. The van der Waals surface area contributed by atoms with Crippen LogP contribution in [0.2, 0.25) is 5.02 Å². The van der Waals surface area contributed by atoms with Crippen molar-refractivity contribution in [2.45, 2.75) is 32.9 Å². The van der Waals surface area contributed by atoms with Crippen LogP contribution in [0.1, 0.15) is 36.6 Å². The Bertz CT molecular complexity index is 1080. The zero-order chi connectivity index (χ0) is 24.3. The quantitative estimate of drug-likeness (QED) is 0.345. The second kappa shape index (κ2) is 10.3. The van der Waals surface area contributed by atoms with Gasteiger partial charge in [0.05, 0.1) is 42.0 Å². The van der Waals surface area contributed by atoms with E-state index < -0.39 is 17.7 Å². The highest BCUT2D eigenvalue weighted by Crippen LogP contribution is 2.42. The number of halogens is 1. The van der Waals surface area contributed by atoms with Crippen LogP contribution in [0.5, 0.6) is 11.5 Å². The highest BCUT2D eigenvalue weighted by molar-refractivity contribution is 6.46. The summed E-state index contributed by atoms with van der Waals surface area (Å²) >= 11 is 6.31. The maximum absolute atomic E-state index is 13.1. The number of likely N-dealkylation sites (tertiary alicyclic amines) is 1. The van der Waals surface area contributed by atoms with E-state index in [1.54, 1.807) is 36.4 Å². The minimum absolute atomic E-state index is 0.00159. The van der Waals surface area contributed by atoms with Gasteiger partial charge in [-0.1, -0.05) is 23.7 Å². The van der Waals surface area contributed by atoms with Gasteiger partial charge < -0.3 is 24.2 Å². The maximum atomic E-state index is 13.1. The van der Waals surface area contributed by atoms with Gasteiger partial charge in [-0.05, 0) is 56.2 Å². The molecule has 2 aromatic carbocycles. The number of carbonyl (C=O) groups excluding carboxylic acids is 2. The zero-order valence-corrected chi connectivity index (χ0v) is 20.1. The molecule has 0 aromatic heterocycles. The summed E-state index contributed by atoms with van der Waals surface area (Å²) in [5.74, 6) is -0.949. The minimum Gasteiger partial charge on any atom is -0.507 e. The predicted molar refractivity (Wildman–Crippen MR) is 126 cm³/mol. The first-order valence-electron chi connectivity index (χ1n) is 10.6. The number of benzene rings is 2. The van der Waals surface area contributed by atoms with Crippen molar-refractivity contribution < 1.29 is 28.9 Å². The van der Waals surface area contributed by atoms with Gasteiger partial charge in [-0.3, -0.25) is 9.59 Å². The normalized spacial score (nSPS) is 17.7. The number of ether oxygens (including phenoxy) is 3. The lowest BCUT2D eigenvalue weighted by Crippen LogP contribution is -2.32. The summed E-state index contributed by atoms with van der Waals surface area (Å²) < 4.78 is 16.2. The summed E-state index contributed by atoms with van der Waals surface area (Å²) in [6.45, 7) is 6.07. The fourth-order valence-electron chi connectivity index (χ4n) is 3.91. The third-order valence-electron chi connectivity index (χ3n) is 5.29. The molecule has 0 bridgehead atoms. The average molecular weight is 474 g/mol. The first kappa shape index (κ1) is 24.6. The predicted octanol–water partition coefficient (Wildman–Crippen LogP) is 4.51. The van der Waals surface area contributed by atoms with Gasteiger partial charge in [-0.25, -0.2) is 0 Å². The molecule has 33 heavy (non-hydrogen) atoms. The average Bonchev–Trinajstić information content (AvgIpc) is 3.01. The van der Waals surface area contributed by atoms with Crippen molar-refractivity contribution in [1.82, 2.24) is 4.90 Å². The molecular formula is C25H28ClNO6. The van der Waals surface area contributed by atoms with Gasteiger partial charge in [-0.2, -0.15) is 0 Å². The van der Waals surface area contributed by atoms with Crippen molar-refractivity contribution in [2.24, 2.45) is 0 Å². The Balaban J connectivity index is 2.19. The summed E-state index contributed by atoms with van der Waals surface area (Å²) in [4.78, 5) is 27.4. The summed E-state index contributed by atoms with van der Waals surface area (Å²) in [6, 6.07) is 9.66. The van der Waals surface area contributed by atoms with Crippen molar-refractivity contribution >= 4 is 29.1 Å². The van der Waals surface area contributed by atoms with Gasteiger partial charge in [0.15, 0.2) is 0 Å². The molecule has 1 fully saturated rings. The van der Waals surface area contributed by atoms with Gasteiger partial charge in [0, 0.05) is 13.7 Å². The Morgan fingerprint density at radius 1 is 1.15 bits per heavy atom. The number of aliphatic hydroxyl groups is 1. The molecule has 3 rings (SSSR count). The fraction of sp³-hybridized carbons (Fsp3) is 0.360. The number of aliphatic hydroxyl groups excluding tert-OH is 1. The van der Waals surface area contributed by atoms with Crippen LogP contribution >= 0.6 is 11.6 Å². The SMILES string of the molecule is COCCN1C(=O)C(=O)/C(=C(/O)c2cc(C)cc(Cl)c2OC)C1c1ccc(OC(C)C)cc1. The zero-order valence-electron chi connectivity index (χ0n) is 19.3. The molecule has 1 amide bonds. The fourth-order valence-corrected chi connectivity index (χ4v) is 4.26. The van der Waals surface area contributed by atoms with E-state index in [4.69, 9.17) is 25.8 Å². The Morgan fingerprint density at radius 3 is 2.39 bits per heavy atom. The molecule has 1 unspecified atom stereocenters. The van der Waals surface area contributed by atoms with Crippen LogP contribution in [-0.2, 0) is 14.3 Å². The van der Waals surface area contributed by atoms with Crippen LogP contribution in [0.15, 0.2) is 42.0 Å². The van der Waals surface area contributed by atoms with Crippen LogP contribution in [0.25, 0.3) is 5.76 Å². The summed E-state index contributed by atoms with van der Waals surface area (Å²) in [5, 5.41) is 11.6. The topological polar surface area (TPSA) is 85.3 Å². The molecule has 1 aliphatic rings. The number of Topliss-reactive ketones (excluding diaryl/α,β-unsaturated/α-hetero) is 1. The standard InChI is InChI=1S/C25H28ClNO6/c1-14(2)33-17-8-6-16(7-9-17)21-20(23(29)25(30)27(21)10-11-31-4)22(28)18-12-15(3)13-19(26)24(18)32-5/h6-9,12-14,21,28H,10-11H2,1-5H3/b22-20+. The number of carbonyl (C=O) groups is 2. The van der Waals surface area contributed by atoms with E-state index in [0.717, 1.165) is 5.56 Å². The van der Waals surface area contributed by atoms with E-state index in [0.29, 0.717) is 16.3 Å². The molecule has 0 saturated carbocycles. The first-order valence-corrected chi connectivity index (χ1v) is 11.0. The van der Waals surface area contributed by atoms with Crippen LogP contribution in [0.4, 0.5) is 0 Å². The van der Waals surface area contributed by atoms with Crippen molar-refractivity contribution in [3.63, 3.8) is 0 Å². The van der Waals surface area contributed by atoms with Gasteiger partial charge in [-0.15, -0.1) is 0 Å². The molecule has 1 saturated heterocycles. The summed E-state index contributed by atoms with van der Waals surface area (Å²) in [5.41, 5.74) is 1.63. The Morgan fingerprint density at radius 2 is 1.82 bits per heavy atom. The third kappa shape index (κ3) is 4.99. The smallest absolute Gasteiger partial charge is 0.295 e. The van der Waals surface area contributed by atoms with Crippen LogP contribution in [-0.4, -0.2) is 55.2 Å². The highest BCUT2D eigenvalue weighted by Gasteiger charge is 2.46. The summed E-state index contributed by atoms with van der Waals surface area (Å²) in [6.07, 6.45) is 0.00159. The van der Waals surface area contributed by atoms with Crippen LogP contribution in [0.3, 0.4) is 0 Å². The largest absolute Gasteiger partial charge is 0.507 e. The second-order valence-corrected chi connectivity index (χ2v) is 8.46. The lowest BCUT2D eigenvalue weighted by atomic mass is 9.94. The molecule has 176 valence electrons. The molecule has 0 spiro atoms. The van der Waals surface area contributed by atoms with E-state index in [1.807, 2.05) is 20.8 Å². The number of rotatable bonds is 8. The number of amides is 1. The van der Waals surface area contributed by atoms with Gasteiger partial charge in [0.1, 0.15) is 17.3 Å². The third-order valence-corrected chi connectivity index (χ3v) is 5.57. The van der Waals surface area contributed by atoms with Crippen molar-refractivity contribution in [2.75, 3.05) is 27.4 Å². The molecule has 1 N–H and O–H groups in total. The van der Waals surface area contributed by atoms with E-state index in [-0.39, 0.29) is 41.9 Å². The molecule has 1 heterocycles. The molecule has 0 aliphatic carbocycles. The molecule has 0 radical (unpaired) electrons. The monoisotopic (exact) mass is 473 g/mol. The number of ketones is 1. The highest BCUT2D eigenvalue weighted by atomic mass is 35.5. The van der Waals surface area contributed by atoms with E-state index in [1.165, 1.54) is 19.1 Å². The molecule has 1 aliphatic heterocycles. The van der Waals surface area contributed by atoms with Gasteiger partial charge >= 0.3 is 0 Å². The van der Waals surface area contributed by atoms with Gasteiger partial charge in [0.25, 0.3) is 11.7 Å². The number of hydrogen-bond donors (Lipinski definition) is 1. The molecule has 1 atom stereocenters. The molecule has 2 aromatic rings. The number of aryl methyl sites for hydroxylation is 1. The lowest BCUT2D eigenvalue weighted by Gasteiger charge is -2.25. The Kier molecular flexibility index (Phi) is 7.66. The van der Waals surface area contributed by atoms with E-state index in [2.05, 4.69) is 0 Å². The second-order valence-electron chi connectivity index (χ2n) is 8.05. The first-order chi connectivity index (χ1) is 15.7.